The van der Waals surface area contributed by atoms with Crippen molar-refractivity contribution in [2.24, 2.45) is 0 Å². The number of amides is 1. The van der Waals surface area contributed by atoms with Crippen LogP contribution >= 0.6 is 19.9 Å². The number of para-hydroxylation sites is 1. The van der Waals surface area contributed by atoms with Gasteiger partial charge in [0.2, 0.25) is 0 Å². The number of carbonyl (C=O) groups is 2. The van der Waals surface area contributed by atoms with Crippen LogP contribution in [-0.2, 0) is 18.7 Å². The van der Waals surface area contributed by atoms with Crippen LogP contribution in [0.3, 0.4) is 0 Å². The molecule has 45 heavy (non-hydrogen) atoms. The van der Waals surface area contributed by atoms with Crippen LogP contribution in [0.5, 0.6) is 5.75 Å². The van der Waals surface area contributed by atoms with E-state index in [2.05, 4.69) is 15.4 Å². The first kappa shape index (κ1) is 31.6. The topological polar surface area (TPSA) is 125 Å². The zero-order valence-corrected chi connectivity index (χ0v) is 26.3. The maximum atomic E-state index is 13.9. The number of carbonyl (C=O) groups excluding carboxylic acids is 2. The van der Waals surface area contributed by atoms with Crippen LogP contribution in [-0.4, -0.2) is 51.8 Å². The molecule has 0 saturated heterocycles. The second-order valence-corrected chi connectivity index (χ2v) is 11.6. The molecular weight excluding hydrogens is 613 g/mol. The second-order valence-electron chi connectivity index (χ2n) is 9.43. The highest BCUT2D eigenvalue weighted by atomic mass is 32.2. The third-order valence-electron chi connectivity index (χ3n) is 6.45. The monoisotopic (exact) mass is 642 g/mol. The molecule has 3 aromatic carbocycles. The van der Waals surface area contributed by atoms with Crippen LogP contribution in [0.2, 0.25) is 0 Å². The highest BCUT2D eigenvalue weighted by molar-refractivity contribution is 7.99. The first-order valence-electron chi connectivity index (χ1n) is 13.7. The molecule has 5 aromatic rings. The lowest BCUT2D eigenvalue weighted by Crippen LogP contribution is -2.41. The summed E-state index contributed by atoms with van der Waals surface area (Å²) in [4.78, 5) is 36.5. The van der Waals surface area contributed by atoms with Crippen molar-refractivity contribution in [1.29, 1.82) is 0 Å². The summed E-state index contributed by atoms with van der Waals surface area (Å²) in [5.41, 5.74) is 2.25. The molecule has 0 aliphatic carbocycles. The highest BCUT2D eigenvalue weighted by Gasteiger charge is 2.38. The van der Waals surface area contributed by atoms with Crippen molar-refractivity contribution < 1.29 is 28.4 Å². The van der Waals surface area contributed by atoms with Crippen molar-refractivity contribution in [2.75, 3.05) is 14.2 Å². The van der Waals surface area contributed by atoms with Gasteiger partial charge in [-0.15, -0.1) is 5.10 Å². The third kappa shape index (κ3) is 7.62. The summed E-state index contributed by atoms with van der Waals surface area (Å²) < 4.78 is 25.7. The number of ether oxygens (including phenoxy) is 1. The summed E-state index contributed by atoms with van der Waals surface area (Å²) in [5.74, 6) is -0.512. The van der Waals surface area contributed by atoms with Gasteiger partial charge < -0.3 is 14.9 Å². The highest BCUT2D eigenvalue weighted by Crippen LogP contribution is 2.38. The number of fused-ring (bicyclic) bond motifs is 1. The van der Waals surface area contributed by atoms with Crippen LogP contribution < -0.4 is 10.2 Å². The van der Waals surface area contributed by atoms with Crippen molar-refractivity contribution in [3.05, 3.63) is 114 Å². The van der Waals surface area contributed by atoms with E-state index < -0.39 is 20.2 Å². The van der Waals surface area contributed by atoms with E-state index >= 15 is 0 Å². The molecule has 2 heterocycles. The molecule has 13 heteroatoms. The Bertz CT molecular complexity index is 1850. The van der Waals surface area contributed by atoms with Crippen LogP contribution in [0.25, 0.3) is 23.1 Å². The molecule has 228 valence electrons. The molecule has 1 N–H and O–H groups in total. The molecule has 0 aliphatic heterocycles. The number of benzene rings is 3. The first-order chi connectivity index (χ1) is 21.9. The summed E-state index contributed by atoms with van der Waals surface area (Å²) in [6, 6.07) is 25.9. The average Bonchev–Trinajstić information content (AvgIpc) is 3.45. The fraction of sp³-hybridized carbons (Fsp3) is 0.125. The number of hydroxylamine groups is 2. The van der Waals surface area contributed by atoms with E-state index in [1.807, 2.05) is 48.5 Å². The van der Waals surface area contributed by atoms with Crippen LogP contribution in [0.4, 0.5) is 0 Å². The molecule has 11 nitrogen and oxygen atoms in total. The van der Waals surface area contributed by atoms with Crippen LogP contribution in [0.1, 0.15) is 28.7 Å². The van der Waals surface area contributed by atoms with Gasteiger partial charge in [0.15, 0.2) is 11.8 Å². The Balaban J connectivity index is 1.54. The van der Waals surface area contributed by atoms with Gasteiger partial charge in [-0.05, 0) is 78.1 Å². The van der Waals surface area contributed by atoms with Gasteiger partial charge in [0.25, 0.3) is 5.91 Å². The van der Waals surface area contributed by atoms with Crippen LogP contribution in [0, 0.1) is 0 Å². The fourth-order valence-corrected chi connectivity index (χ4v) is 6.04. The molecule has 2 aromatic heterocycles. The van der Waals surface area contributed by atoms with E-state index in [9.17, 15) is 14.2 Å². The number of nitrogens with zero attached hydrogens (tertiary/aromatic N) is 4. The molecule has 0 aliphatic rings. The Morgan fingerprint density at radius 1 is 1.00 bits per heavy atom. The lowest BCUT2D eigenvalue weighted by Gasteiger charge is -2.19. The van der Waals surface area contributed by atoms with Crippen molar-refractivity contribution in [1.82, 2.24) is 25.1 Å². The lowest BCUT2D eigenvalue weighted by atomic mass is 10.2. The van der Waals surface area contributed by atoms with E-state index in [0.717, 1.165) is 15.0 Å². The molecule has 0 bridgehead atoms. The van der Waals surface area contributed by atoms with Crippen molar-refractivity contribution in [2.45, 2.75) is 22.8 Å². The largest absolute Gasteiger partial charge is 0.690 e. The van der Waals surface area contributed by atoms with Crippen molar-refractivity contribution in [3.63, 3.8) is 0 Å². The van der Waals surface area contributed by atoms with Gasteiger partial charge in [0.1, 0.15) is 5.52 Å². The average molecular weight is 643 g/mol. The van der Waals surface area contributed by atoms with Gasteiger partial charge in [-0.2, -0.15) is 0 Å². The molecule has 0 radical (unpaired) electrons. The molecule has 5 rings (SSSR count). The van der Waals surface area contributed by atoms with E-state index in [4.69, 9.17) is 14.2 Å². The Morgan fingerprint density at radius 2 is 1.76 bits per heavy atom. The summed E-state index contributed by atoms with van der Waals surface area (Å²) in [6.07, 6.45) is 5.25. The van der Waals surface area contributed by atoms with Gasteiger partial charge in [-0.25, -0.2) is 0 Å². The molecule has 0 saturated carbocycles. The molecule has 1 amide bonds. The number of esters is 1. The summed E-state index contributed by atoms with van der Waals surface area (Å²) in [5, 5.41) is 8.81. The molecule has 2 atom stereocenters. The van der Waals surface area contributed by atoms with Crippen molar-refractivity contribution in [3.8, 4) is 5.75 Å². The Kier molecular flexibility index (Phi) is 10.3. The van der Waals surface area contributed by atoms with E-state index in [1.165, 1.54) is 30.2 Å². The summed E-state index contributed by atoms with van der Waals surface area (Å²) >= 11 is 1.38. The predicted molar refractivity (Wildman–Crippen MR) is 171 cm³/mol. The van der Waals surface area contributed by atoms with Gasteiger partial charge in [0.05, 0.1) is 24.1 Å². The summed E-state index contributed by atoms with van der Waals surface area (Å²) in [6.45, 7) is 1.50. The lowest BCUT2D eigenvalue weighted by molar-refractivity contribution is -0.276. The molecule has 0 spiro atoms. The van der Waals surface area contributed by atoms with Gasteiger partial charge >= 0.3 is 14.1 Å². The van der Waals surface area contributed by atoms with Gasteiger partial charge in [0, 0.05) is 42.8 Å². The maximum absolute atomic E-state index is 13.9. The predicted octanol–water partition coefficient (Wildman–Crippen LogP) is 6.41. The normalized spacial score (nSPS) is 12.3. The number of pyridine rings is 1. The second kappa shape index (κ2) is 14.7. The minimum Gasteiger partial charge on any atom is -0.468 e. The Hall–Kier alpha value is -4.87. The number of methoxy groups -OCH3 is 1. The quantitative estimate of drug-likeness (QED) is 0.0928. The summed E-state index contributed by atoms with van der Waals surface area (Å²) in [7, 11) is 0.0361. The SMILES string of the molecule is CNC(=O)c1ccccc1Sc1ccc2c(/C=C/c3ccccn3)nn([P+](=O)ON(Oc3ccccc3)[C@@H](C)C(=O)OC)c2c1. The smallest absolute Gasteiger partial charge is 0.468 e. The third-order valence-corrected chi connectivity index (χ3v) is 8.43. The standard InChI is InChI=1S/C32H28N5O6PS/c1-22(32(39)41-3)37(42-24-12-5-4-6-13-24)43-44(40)36-29-21-25(45-30-15-8-7-14-27(30)31(38)33-2)17-18-26(29)28(35-36)19-16-23-11-9-10-20-34-23/h4-22H,1-3H3/p+1/b19-16+/t22-/m0/s1. The van der Waals surface area contributed by atoms with Crippen LogP contribution in [0.15, 0.2) is 107 Å². The van der Waals surface area contributed by atoms with E-state index in [1.54, 1.807) is 67.9 Å². The zero-order valence-electron chi connectivity index (χ0n) is 24.6. The van der Waals surface area contributed by atoms with E-state index in [-0.39, 0.29) is 5.91 Å². The van der Waals surface area contributed by atoms with Gasteiger partial charge in [-0.1, -0.05) is 48.2 Å². The first-order valence-corrected chi connectivity index (χ1v) is 15.7. The van der Waals surface area contributed by atoms with E-state index in [0.29, 0.717) is 33.6 Å². The minimum atomic E-state index is -2.78. The van der Waals surface area contributed by atoms with Gasteiger partial charge in [-0.3, -0.25) is 14.6 Å². The number of aromatic nitrogens is 3. The molecular formula is C32H29N5O6PS+. The Morgan fingerprint density at radius 3 is 2.49 bits per heavy atom. The minimum absolute atomic E-state index is 0.208. The fourth-order valence-electron chi connectivity index (χ4n) is 4.17. The van der Waals surface area contributed by atoms with Crippen molar-refractivity contribution >= 4 is 54.9 Å². The number of rotatable bonds is 12. The zero-order chi connectivity index (χ0) is 31.8. The number of hydrogen-bond donors (Lipinski definition) is 1. The number of hydrogen-bond acceptors (Lipinski definition) is 10. The molecule has 1 unspecified atom stereocenters. The Labute approximate surface area is 264 Å². The maximum Gasteiger partial charge on any atom is 0.690 e. The molecule has 0 fully saturated rings. The number of nitrogens with one attached hydrogen (secondary N) is 1.